The second-order valence-corrected chi connectivity index (χ2v) is 7.21. The summed E-state index contributed by atoms with van der Waals surface area (Å²) in [6.45, 7) is 0.456. The van der Waals surface area contributed by atoms with E-state index in [0.29, 0.717) is 12.6 Å². The van der Waals surface area contributed by atoms with Crippen molar-refractivity contribution in [2.45, 2.75) is 63.6 Å². The molecule has 0 spiro atoms. The lowest BCUT2D eigenvalue weighted by Gasteiger charge is -2.23. The molecule has 1 heterocycles. The number of ether oxygens (including phenoxy) is 1. The van der Waals surface area contributed by atoms with E-state index in [-0.39, 0.29) is 12.1 Å². The maximum atomic E-state index is 12.4. The molecule has 1 atom stereocenters. The Morgan fingerprint density at radius 2 is 2.04 bits per heavy atom. The Morgan fingerprint density at radius 1 is 1.19 bits per heavy atom. The molecular weight excluding hydrogens is 328 g/mol. The van der Waals surface area contributed by atoms with E-state index in [4.69, 9.17) is 4.74 Å². The molecule has 1 aromatic heterocycles. The molecule has 138 valence electrons. The van der Waals surface area contributed by atoms with Gasteiger partial charge in [-0.2, -0.15) is 5.10 Å². The third-order valence-electron chi connectivity index (χ3n) is 5.35. The van der Waals surface area contributed by atoms with E-state index < -0.39 is 0 Å². The smallest absolute Gasteiger partial charge is 0.315 e. The van der Waals surface area contributed by atoms with Crippen molar-refractivity contribution >= 4 is 6.03 Å². The van der Waals surface area contributed by atoms with Crippen molar-refractivity contribution in [2.75, 3.05) is 0 Å². The van der Waals surface area contributed by atoms with Crippen molar-refractivity contribution in [3.63, 3.8) is 0 Å². The highest BCUT2D eigenvalue weighted by Crippen LogP contribution is 2.28. The molecule has 2 aromatic rings. The van der Waals surface area contributed by atoms with E-state index >= 15 is 0 Å². The van der Waals surface area contributed by atoms with E-state index in [9.17, 15) is 4.79 Å². The second-order valence-electron chi connectivity index (χ2n) is 7.21. The molecular formula is C20H26N4O2. The highest BCUT2D eigenvalue weighted by Gasteiger charge is 2.23. The van der Waals surface area contributed by atoms with Gasteiger partial charge >= 0.3 is 6.03 Å². The number of amides is 2. The summed E-state index contributed by atoms with van der Waals surface area (Å²) in [6, 6.07) is 7.81. The third-order valence-corrected chi connectivity index (χ3v) is 5.35. The van der Waals surface area contributed by atoms with Crippen molar-refractivity contribution in [3.8, 4) is 5.75 Å². The van der Waals surface area contributed by atoms with Gasteiger partial charge in [0.15, 0.2) is 0 Å². The average molecular weight is 354 g/mol. The number of carbonyl (C=O) groups excluding carboxylic acids is 1. The zero-order chi connectivity index (χ0) is 17.8. The van der Waals surface area contributed by atoms with Gasteiger partial charge in [0.1, 0.15) is 5.75 Å². The Balaban J connectivity index is 1.34. The predicted molar refractivity (Wildman–Crippen MR) is 99.0 cm³/mol. The number of aryl methyl sites for hydroxylation is 1. The Labute approximate surface area is 153 Å². The fourth-order valence-electron chi connectivity index (χ4n) is 3.94. The van der Waals surface area contributed by atoms with Gasteiger partial charge in [-0.25, -0.2) is 4.79 Å². The van der Waals surface area contributed by atoms with Crippen LogP contribution < -0.4 is 15.4 Å². The summed E-state index contributed by atoms with van der Waals surface area (Å²) in [5, 5.41) is 13.2. The number of nitrogens with zero attached hydrogens (tertiary/aromatic N) is 1. The van der Waals surface area contributed by atoms with Gasteiger partial charge in [0.2, 0.25) is 0 Å². The van der Waals surface area contributed by atoms with Gasteiger partial charge < -0.3 is 15.4 Å². The van der Waals surface area contributed by atoms with E-state index in [1.54, 1.807) is 0 Å². The van der Waals surface area contributed by atoms with Gasteiger partial charge in [-0.3, -0.25) is 5.10 Å². The second kappa shape index (κ2) is 7.81. The van der Waals surface area contributed by atoms with Crippen LogP contribution >= 0.6 is 0 Å². The molecule has 4 rings (SSSR count). The van der Waals surface area contributed by atoms with Gasteiger partial charge in [-0.05, 0) is 56.6 Å². The number of urea groups is 1. The number of hydrogen-bond acceptors (Lipinski definition) is 3. The first kappa shape index (κ1) is 16.9. The summed E-state index contributed by atoms with van der Waals surface area (Å²) in [5.41, 5.74) is 3.26. The molecule has 1 fully saturated rings. The molecule has 3 N–H and O–H groups in total. The molecule has 1 unspecified atom stereocenters. The van der Waals surface area contributed by atoms with E-state index in [1.807, 2.05) is 30.5 Å². The van der Waals surface area contributed by atoms with Crippen molar-refractivity contribution in [3.05, 3.63) is 47.3 Å². The van der Waals surface area contributed by atoms with Crippen LogP contribution in [0.3, 0.4) is 0 Å². The minimum Gasteiger partial charge on any atom is -0.490 e. The van der Waals surface area contributed by atoms with Gasteiger partial charge in [0, 0.05) is 12.1 Å². The van der Waals surface area contributed by atoms with Crippen LogP contribution in [-0.4, -0.2) is 22.3 Å². The molecule has 26 heavy (non-hydrogen) atoms. The highest BCUT2D eigenvalue weighted by molar-refractivity contribution is 5.74. The first-order valence-corrected chi connectivity index (χ1v) is 9.60. The van der Waals surface area contributed by atoms with Crippen molar-refractivity contribution in [2.24, 2.45) is 0 Å². The van der Waals surface area contributed by atoms with E-state index in [1.165, 1.54) is 18.4 Å². The van der Waals surface area contributed by atoms with Crippen LogP contribution in [0.2, 0.25) is 0 Å². The Morgan fingerprint density at radius 3 is 2.92 bits per heavy atom. The number of fused-ring (bicyclic) bond motifs is 1. The van der Waals surface area contributed by atoms with Gasteiger partial charge in [0.25, 0.3) is 0 Å². The fourth-order valence-corrected chi connectivity index (χ4v) is 3.94. The topological polar surface area (TPSA) is 79.0 Å². The van der Waals surface area contributed by atoms with Crippen LogP contribution in [0.4, 0.5) is 4.79 Å². The number of hydrogen-bond donors (Lipinski definition) is 3. The summed E-state index contributed by atoms with van der Waals surface area (Å²) < 4.78 is 6.14. The van der Waals surface area contributed by atoms with Crippen LogP contribution in [0.5, 0.6) is 5.75 Å². The van der Waals surface area contributed by atoms with Crippen molar-refractivity contribution in [1.82, 2.24) is 20.8 Å². The fraction of sp³-hybridized carbons (Fsp3) is 0.500. The molecule has 0 saturated heterocycles. The first-order valence-electron chi connectivity index (χ1n) is 9.60. The standard InChI is InChI=1S/C20H26N4O2/c25-20(23-17-10-5-7-15-13-22-24-19(15)17)21-12-14-6-1-4-11-18(14)26-16-8-2-3-9-16/h1,4,6,11,13,16-17H,2-3,5,7-10,12H2,(H,22,24)(H2,21,23,25). The van der Waals surface area contributed by atoms with Crippen LogP contribution in [-0.2, 0) is 13.0 Å². The maximum Gasteiger partial charge on any atom is 0.315 e. The number of rotatable bonds is 5. The Bertz CT molecular complexity index is 752. The van der Waals surface area contributed by atoms with Gasteiger partial charge in [0.05, 0.1) is 24.0 Å². The average Bonchev–Trinajstić information content (AvgIpc) is 3.33. The van der Waals surface area contributed by atoms with Crippen molar-refractivity contribution in [1.29, 1.82) is 0 Å². The monoisotopic (exact) mass is 354 g/mol. The molecule has 0 radical (unpaired) electrons. The van der Waals surface area contributed by atoms with Crippen LogP contribution in [0.1, 0.15) is 61.4 Å². The number of aromatic nitrogens is 2. The summed E-state index contributed by atoms with van der Waals surface area (Å²) in [6.07, 6.45) is 9.92. The molecule has 0 bridgehead atoms. The predicted octanol–water partition coefficient (Wildman–Crippen LogP) is 3.61. The normalized spacial score (nSPS) is 19.8. The quantitative estimate of drug-likeness (QED) is 0.767. The number of carbonyl (C=O) groups is 1. The maximum absolute atomic E-state index is 12.4. The molecule has 2 aliphatic carbocycles. The van der Waals surface area contributed by atoms with E-state index in [0.717, 1.165) is 49.1 Å². The zero-order valence-electron chi connectivity index (χ0n) is 15.0. The van der Waals surface area contributed by atoms with Crippen LogP contribution in [0, 0.1) is 0 Å². The summed E-state index contributed by atoms with van der Waals surface area (Å²) in [5.74, 6) is 0.883. The molecule has 0 aliphatic heterocycles. The first-order chi connectivity index (χ1) is 12.8. The lowest BCUT2D eigenvalue weighted by molar-refractivity contribution is 0.207. The molecule has 2 amide bonds. The third kappa shape index (κ3) is 3.84. The number of nitrogens with one attached hydrogen (secondary N) is 3. The number of para-hydroxylation sites is 1. The number of benzene rings is 1. The minimum absolute atomic E-state index is 0.00577. The molecule has 6 nitrogen and oxygen atoms in total. The van der Waals surface area contributed by atoms with Crippen molar-refractivity contribution < 1.29 is 9.53 Å². The van der Waals surface area contributed by atoms with Gasteiger partial charge in [-0.1, -0.05) is 18.2 Å². The van der Waals surface area contributed by atoms with Gasteiger partial charge in [-0.15, -0.1) is 0 Å². The molecule has 1 aromatic carbocycles. The SMILES string of the molecule is O=C(NCc1ccccc1OC1CCCC1)NC1CCCc2cn[nH]c21. The zero-order valence-corrected chi connectivity index (χ0v) is 15.0. The lowest BCUT2D eigenvalue weighted by Crippen LogP contribution is -2.38. The number of aromatic amines is 1. The summed E-state index contributed by atoms with van der Waals surface area (Å²) in [4.78, 5) is 12.4. The molecule has 2 aliphatic rings. The summed E-state index contributed by atoms with van der Waals surface area (Å²) in [7, 11) is 0. The van der Waals surface area contributed by atoms with Crippen LogP contribution in [0.15, 0.2) is 30.5 Å². The highest BCUT2D eigenvalue weighted by atomic mass is 16.5. The number of H-pyrrole nitrogens is 1. The van der Waals surface area contributed by atoms with E-state index in [2.05, 4.69) is 20.8 Å². The Hall–Kier alpha value is -2.50. The van der Waals surface area contributed by atoms with Crippen LogP contribution in [0.25, 0.3) is 0 Å². The minimum atomic E-state index is -0.159. The largest absolute Gasteiger partial charge is 0.490 e. The lowest BCUT2D eigenvalue weighted by atomic mass is 9.94. The summed E-state index contributed by atoms with van der Waals surface area (Å²) >= 11 is 0. The molecule has 1 saturated carbocycles. The molecule has 6 heteroatoms. The Kier molecular flexibility index (Phi) is 5.09.